The Hall–Kier alpha value is -0.613. The molecular formula is C18H33ClO3Si. The van der Waals surface area contributed by atoms with Gasteiger partial charge in [-0.3, -0.25) is 9.59 Å². The van der Waals surface area contributed by atoms with Gasteiger partial charge in [0.05, 0.1) is 0 Å². The van der Waals surface area contributed by atoms with Gasteiger partial charge in [-0.1, -0.05) is 51.4 Å². The number of esters is 1. The third-order valence-corrected chi connectivity index (χ3v) is 5.18. The lowest BCUT2D eigenvalue weighted by atomic mass is 10.1. The summed E-state index contributed by atoms with van der Waals surface area (Å²) in [6, 6.07) is 1.09. The molecule has 0 aliphatic rings. The van der Waals surface area contributed by atoms with Crippen LogP contribution in [-0.4, -0.2) is 25.9 Å². The highest BCUT2D eigenvalue weighted by Gasteiger charge is 2.16. The molecule has 3 nitrogen and oxygen atoms in total. The van der Waals surface area contributed by atoms with Gasteiger partial charge in [-0.05, 0) is 42.5 Å². The fraction of sp³-hybridized carbons (Fsp3) is 0.778. The van der Waals surface area contributed by atoms with Gasteiger partial charge in [0.1, 0.15) is 6.61 Å². The maximum Gasteiger partial charge on any atom is 0.302 e. The van der Waals surface area contributed by atoms with E-state index in [9.17, 15) is 9.59 Å². The average molecular weight is 361 g/mol. The SMILES string of the molecule is CC(=O)OC/C(=C/CCCCCCCCC(=O)Cl)C[Si](C)(C)C. The quantitative estimate of drug-likeness (QED) is 0.139. The topological polar surface area (TPSA) is 43.4 Å². The summed E-state index contributed by atoms with van der Waals surface area (Å²) < 4.78 is 5.17. The lowest BCUT2D eigenvalue weighted by Crippen LogP contribution is -2.21. The van der Waals surface area contributed by atoms with E-state index in [0.29, 0.717) is 13.0 Å². The van der Waals surface area contributed by atoms with Crippen molar-refractivity contribution in [3.05, 3.63) is 11.6 Å². The average Bonchev–Trinajstić information content (AvgIpc) is 2.40. The second-order valence-electron chi connectivity index (χ2n) is 7.40. The molecule has 0 aromatic carbocycles. The number of hydrogen-bond acceptors (Lipinski definition) is 3. The van der Waals surface area contributed by atoms with Gasteiger partial charge in [0.2, 0.25) is 5.24 Å². The van der Waals surface area contributed by atoms with E-state index < -0.39 is 8.07 Å². The predicted octanol–water partition coefficient (Wildman–Crippen LogP) is 5.70. The standard InChI is InChI=1S/C18H33ClO3Si/c1-16(20)22-14-17(15-23(2,3)4)12-10-8-6-5-7-9-11-13-18(19)21/h12H,5-11,13-15H2,1-4H3/b17-12-. The fourth-order valence-electron chi connectivity index (χ4n) is 2.48. The molecule has 0 rings (SSSR count). The second kappa shape index (κ2) is 12.8. The van der Waals surface area contributed by atoms with Crippen molar-refractivity contribution in [2.45, 2.75) is 84.0 Å². The van der Waals surface area contributed by atoms with E-state index in [1.54, 1.807) is 0 Å². The van der Waals surface area contributed by atoms with Crippen molar-refractivity contribution in [1.82, 2.24) is 0 Å². The van der Waals surface area contributed by atoms with Crippen LogP contribution in [0.25, 0.3) is 0 Å². The lowest BCUT2D eigenvalue weighted by molar-refractivity contribution is -0.140. The van der Waals surface area contributed by atoms with Crippen LogP contribution in [0.15, 0.2) is 11.6 Å². The molecule has 0 aliphatic carbocycles. The molecule has 134 valence electrons. The summed E-state index contributed by atoms with van der Waals surface area (Å²) in [4.78, 5) is 21.6. The van der Waals surface area contributed by atoms with Crippen LogP contribution in [0, 0.1) is 0 Å². The van der Waals surface area contributed by atoms with Crippen molar-refractivity contribution < 1.29 is 14.3 Å². The molecular weight excluding hydrogens is 328 g/mol. The third kappa shape index (κ3) is 17.6. The van der Waals surface area contributed by atoms with Crippen LogP contribution in [-0.2, 0) is 14.3 Å². The Morgan fingerprint density at radius 1 is 1.00 bits per heavy atom. The molecule has 0 radical (unpaired) electrons. The number of hydrogen-bond donors (Lipinski definition) is 0. The minimum absolute atomic E-state index is 0.207. The highest BCUT2D eigenvalue weighted by Crippen LogP contribution is 2.18. The Bertz CT molecular complexity index is 386. The first-order chi connectivity index (χ1) is 10.7. The minimum atomic E-state index is -1.19. The molecule has 0 bridgehead atoms. The maximum absolute atomic E-state index is 11.0. The van der Waals surface area contributed by atoms with E-state index in [-0.39, 0.29) is 11.2 Å². The first kappa shape index (κ1) is 22.4. The van der Waals surface area contributed by atoms with Gasteiger partial charge in [0.25, 0.3) is 0 Å². The third-order valence-electron chi connectivity index (χ3n) is 3.48. The summed E-state index contributed by atoms with van der Waals surface area (Å²) in [5, 5.41) is -0.224. The van der Waals surface area contributed by atoms with Crippen LogP contribution in [0.5, 0.6) is 0 Å². The summed E-state index contributed by atoms with van der Waals surface area (Å²) in [5.41, 5.74) is 1.28. The summed E-state index contributed by atoms with van der Waals surface area (Å²) in [7, 11) is -1.19. The van der Waals surface area contributed by atoms with Crippen molar-refractivity contribution in [2.24, 2.45) is 0 Å². The Kier molecular flexibility index (Phi) is 12.4. The largest absolute Gasteiger partial charge is 0.461 e. The van der Waals surface area contributed by atoms with Gasteiger partial charge in [0.15, 0.2) is 0 Å². The summed E-state index contributed by atoms with van der Waals surface area (Å²) in [5.74, 6) is -0.207. The summed E-state index contributed by atoms with van der Waals surface area (Å²) >= 11 is 5.31. The van der Waals surface area contributed by atoms with Crippen LogP contribution < -0.4 is 0 Å². The van der Waals surface area contributed by atoms with Crippen LogP contribution in [0.3, 0.4) is 0 Å². The molecule has 0 saturated carbocycles. The van der Waals surface area contributed by atoms with Crippen molar-refractivity contribution in [1.29, 1.82) is 0 Å². The normalized spacial score (nSPS) is 12.3. The van der Waals surface area contributed by atoms with E-state index in [2.05, 4.69) is 25.7 Å². The van der Waals surface area contributed by atoms with E-state index in [1.165, 1.54) is 38.2 Å². The molecule has 0 atom stereocenters. The smallest absolute Gasteiger partial charge is 0.302 e. The maximum atomic E-state index is 11.0. The van der Waals surface area contributed by atoms with E-state index >= 15 is 0 Å². The molecule has 23 heavy (non-hydrogen) atoms. The Morgan fingerprint density at radius 2 is 1.57 bits per heavy atom. The molecule has 0 spiro atoms. The van der Waals surface area contributed by atoms with Gasteiger partial charge >= 0.3 is 5.97 Å². The highest BCUT2D eigenvalue weighted by atomic mass is 35.5. The Labute approximate surface area is 147 Å². The molecule has 0 aromatic heterocycles. The molecule has 0 amide bonds. The molecule has 0 heterocycles. The van der Waals surface area contributed by atoms with Gasteiger partial charge in [0, 0.05) is 21.4 Å². The van der Waals surface area contributed by atoms with E-state index in [0.717, 1.165) is 25.3 Å². The molecule has 0 saturated heterocycles. The minimum Gasteiger partial charge on any atom is -0.461 e. The zero-order valence-electron chi connectivity index (χ0n) is 15.3. The van der Waals surface area contributed by atoms with Gasteiger partial charge in [-0.2, -0.15) is 0 Å². The molecule has 5 heteroatoms. The number of carbonyl (C=O) groups excluding carboxylic acids is 2. The summed E-state index contributed by atoms with van der Waals surface area (Å²) in [6.07, 6.45) is 10.6. The zero-order chi connectivity index (χ0) is 17.7. The first-order valence-electron chi connectivity index (χ1n) is 8.70. The van der Waals surface area contributed by atoms with Gasteiger partial charge in [-0.15, -0.1) is 0 Å². The number of allylic oxidation sites excluding steroid dienone is 1. The molecule has 0 fully saturated rings. The lowest BCUT2D eigenvalue weighted by Gasteiger charge is -2.18. The molecule has 0 aliphatic heterocycles. The Morgan fingerprint density at radius 3 is 2.09 bits per heavy atom. The van der Waals surface area contributed by atoms with Crippen LogP contribution >= 0.6 is 11.6 Å². The van der Waals surface area contributed by atoms with E-state index in [1.807, 2.05) is 0 Å². The highest BCUT2D eigenvalue weighted by molar-refractivity contribution is 6.76. The number of ether oxygens (including phenoxy) is 1. The monoisotopic (exact) mass is 360 g/mol. The molecule has 0 unspecified atom stereocenters. The number of halogens is 1. The van der Waals surface area contributed by atoms with Crippen molar-refractivity contribution >= 4 is 30.9 Å². The van der Waals surface area contributed by atoms with Gasteiger partial charge < -0.3 is 4.74 Å². The van der Waals surface area contributed by atoms with E-state index in [4.69, 9.17) is 16.3 Å². The number of unbranched alkanes of at least 4 members (excludes halogenated alkanes) is 6. The zero-order valence-corrected chi connectivity index (χ0v) is 17.0. The van der Waals surface area contributed by atoms with Gasteiger partial charge in [-0.25, -0.2) is 0 Å². The molecule has 0 aromatic rings. The Balaban J connectivity index is 3.91. The first-order valence-corrected chi connectivity index (χ1v) is 12.8. The van der Waals surface area contributed by atoms with Crippen molar-refractivity contribution in [3.8, 4) is 0 Å². The fourth-order valence-corrected chi connectivity index (χ4v) is 4.22. The predicted molar refractivity (Wildman–Crippen MR) is 101 cm³/mol. The van der Waals surface area contributed by atoms with Crippen LogP contribution in [0.1, 0.15) is 58.3 Å². The number of carbonyl (C=O) groups is 2. The molecule has 0 N–H and O–H groups in total. The van der Waals surface area contributed by atoms with Crippen LogP contribution in [0.2, 0.25) is 25.7 Å². The van der Waals surface area contributed by atoms with Crippen LogP contribution in [0.4, 0.5) is 0 Å². The van der Waals surface area contributed by atoms with Crippen molar-refractivity contribution in [3.63, 3.8) is 0 Å². The number of rotatable bonds is 13. The van der Waals surface area contributed by atoms with Crippen molar-refractivity contribution in [2.75, 3.05) is 6.61 Å². The second-order valence-corrected chi connectivity index (χ2v) is 13.3. The summed E-state index contributed by atoms with van der Waals surface area (Å²) in [6.45, 7) is 8.91.